The SMILES string of the molecule is C=CCNC(=O)C(C)NCC(C)(O)CC. The highest BCUT2D eigenvalue weighted by Crippen LogP contribution is 2.06. The summed E-state index contributed by atoms with van der Waals surface area (Å²) in [5.74, 6) is -0.0817. The van der Waals surface area contributed by atoms with Gasteiger partial charge in [-0.3, -0.25) is 4.79 Å². The molecule has 0 fully saturated rings. The minimum atomic E-state index is -0.757. The lowest BCUT2D eigenvalue weighted by Crippen LogP contribution is -2.47. The molecule has 88 valence electrons. The lowest BCUT2D eigenvalue weighted by Gasteiger charge is -2.24. The van der Waals surface area contributed by atoms with Crippen LogP contribution in [0.3, 0.4) is 0 Å². The summed E-state index contributed by atoms with van der Waals surface area (Å²) >= 11 is 0. The summed E-state index contributed by atoms with van der Waals surface area (Å²) in [5.41, 5.74) is -0.757. The molecule has 0 aromatic heterocycles. The summed E-state index contributed by atoms with van der Waals surface area (Å²) in [6.07, 6.45) is 2.29. The first-order valence-electron chi connectivity index (χ1n) is 5.27. The van der Waals surface area contributed by atoms with E-state index in [4.69, 9.17) is 0 Å². The molecule has 0 saturated heterocycles. The van der Waals surface area contributed by atoms with E-state index in [2.05, 4.69) is 17.2 Å². The Hall–Kier alpha value is -0.870. The van der Waals surface area contributed by atoms with Crippen LogP contribution < -0.4 is 10.6 Å². The summed E-state index contributed by atoms with van der Waals surface area (Å²) in [5, 5.41) is 15.4. The predicted octanol–water partition coefficient (Wildman–Crippen LogP) is 0.428. The second kappa shape index (κ2) is 6.58. The van der Waals surface area contributed by atoms with Crippen molar-refractivity contribution in [3.63, 3.8) is 0 Å². The van der Waals surface area contributed by atoms with Crippen molar-refractivity contribution in [1.29, 1.82) is 0 Å². The van der Waals surface area contributed by atoms with Crippen molar-refractivity contribution >= 4 is 5.91 Å². The van der Waals surface area contributed by atoms with Crippen molar-refractivity contribution in [1.82, 2.24) is 10.6 Å². The van der Waals surface area contributed by atoms with Gasteiger partial charge in [0, 0.05) is 13.1 Å². The van der Waals surface area contributed by atoms with Crippen LogP contribution in [0.5, 0.6) is 0 Å². The normalized spacial score (nSPS) is 16.5. The molecule has 0 bridgehead atoms. The maximum absolute atomic E-state index is 11.4. The largest absolute Gasteiger partial charge is 0.389 e. The summed E-state index contributed by atoms with van der Waals surface area (Å²) in [6.45, 7) is 9.81. The maximum Gasteiger partial charge on any atom is 0.237 e. The third kappa shape index (κ3) is 6.25. The molecule has 0 aliphatic heterocycles. The van der Waals surface area contributed by atoms with E-state index in [0.29, 0.717) is 19.5 Å². The van der Waals surface area contributed by atoms with Gasteiger partial charge in [0.15, 0.2) is 0 Å². The van der Waals surface area contributed by atoms with Crippen LogP contribution in [0.4, 0.5) is 0 Å². The molecule has 2 atom stereocenters. The summed E-state index contributed by atoms with van der Waals surface area (Å²) in [7, 11) is 0. The van der Waals surface area contributed by atoms with Gasteiger partial charge in [0.25, 0.3) is 0 Å². The van der Waals surface area contributed by atoms with Crippen LogP contribution in [0.1, 0.15) is 27.2 Å². The Labute approximate surface area is 91.8 Å². The minimum absolute atomic E-state index is 0.0817. The first kappa shape index (κ1) is 14.1. The molecule has 0 aliphatic carbocycles. The fourth-order valence-corrected chi connectivity index (χ4v) is 0.917. The van der Waals surface area contributed by atoms with E-state index in [9.17, 15) is 9.90 Å². The van der Waals surface area contributed by atoms with E-state index < -0.39 is 5.60 Å². The van der Waals surface area contributed by atoms with Gasteiger partial charge in [-0.25, -0.2) is 0 Å². The topological polar surface area (TPSA) is 61.4 Å². The number of aliphatic hydroxyl groups is 1. The van der Waals surface area contributed by atoms with Gasteiger partial charge in [-0.15, -0.1) is 6.58 Å². The smallest absolute Gasteiger partial charge is 0.237 e. The molecule has 0 aromatic carbocycles. The van der Waals surface area contributed by atoms with Crippen LogP contribution >= 0.6 is 0 Å². The van der Waals surface area contributed by atoms with Gasteiger partial charge < -0.3 is 15.7 Å². The molecule has 4 heteroatoms. The van der Waals surface area contributed by atoms with E-state index in [1.807, 2.05) is 6.92 Å². The van der Waals surface area contributed by atoms with Gasteiger partial charge in [0.05, 0.1) is 11.6 Å². The fraction of sp³-hybridized carbons (Fsp3) is 0.727. The van der Waals surface area contributed by atoms with Crippen LogP contribution in [0, 0.1) is 0 Å². The van der Waals surface area contributed by atoms with Gasteiger partial charge in [0.2, 0.25) is 5.91 Å². The molecule has 0 spiro atoms. The number of nitrogens with one attached hydrogen (secondary N) is 2. The highest BCUT2D eigenvalue weighted by atomic mass is 16.3. The number of hydrogen-bond donors (Lipinski definition) is 3. The summed E-state index contributed by atoms with van der Waals surface area (Å²) in [4.78, 5) is 11.4. The molecule has 0 aliphatic rings. The Morgan fingerprint density at radius 1 is 1.67 bits per heavy atom. The van der Waals surface area contributed by atoms with E-state index in [1.165, 1.54) is 0 Å². The molecule has 2 unspecified atom stereocenters. The molecule has 4 nitrogen and oxygen atoms in total. The molecule has 0 saturated carbocycles. The highest BCUT2D eigenvalue weighted by molar-refractivity contribution is 5.81. The molecule has 3 N–H and O–H groups in total. The van der Waals surface area contributed by atoms with Crippen molar-refractivity contribution < 1.29 is 9.90 Å². The molecule has 0 radical (unpaired) electrons. The van der Waals surface area contributed by atoms with Gasteiger partial charge in [-0.1, -0.05) is 13.0 Å². The molecular weight excluding hydrogens is 192 g/mol. The second-order valence-electron chi connectivity index (χ2n) is 3.99. The highest BCUT2D eigenvalue weighted by Gasteiger charge is 2.20. The number of amides is 1. The van der Waals surface area contributed by atoms with E-state index in [-0.39, 0.29) is 11.9 Å². The average molecular weight is 214 g/mol. The third-order valence-corrected chi connectivity index (χ3v) is 2.36. The van der Waals surface area contributed by atoms with Gasteiger partial charge in [0.1, 0.15) is 0 Å². The first-order valence-corrected chi connectivity index (χ1v) is 5.27. The van der Waals surface area contributed by atoms with Gasteiger partial charge in [-0.05, 0) is 20.3 Å². The number of rotatable bonds is 7. The van der Waals surface area contributed by atoms with E-state index >= 15 is 0 Å². The Kier molecular flexibility index (Phi) is 6.20. The zero-order chi connectivity index (χ0) is 11.9. The van der Waals surface area contributed by atoms with Crippen LogP contribution in [0.25, 0.3) is 0 Å². The quantitative estimate of drug-likeness (QED) is 0.539. The molecule has 0 aromatic rings. The number of carbonyl (C=O) groups is 1. The van der Waals surface area contributed by atoms with Crippen molar-refractivity contribution in [2.75, 3.05) is 13.1 Å². The summed E-state index contributed by atoms with van der Waals surface area (Å²) in [6, 6.07) is -0.303. The molecular formula is C11H22N2O2. The lowest BCUT2D eigenvalue weighted by molar-refractivity contribution is -0.122. The van der Waals surface area contributed by atoms with Crippen LogP contribution in [0.2, 0.25) is 0 Å². The summed E-state index contributed by atoms with van der Waals surface area (Å²) < 4.78 is 0. The van der Waals surface area contributed by atoms with E-state index in [0.717, 1.165) is 0 Å². The van der Waals surface area contributed by atoms with Crippen LogP contribution in [-0.2, 0) is 4.79 Å². The number of hydrogen-bond acceptors (Lipinski definition) is 3. The maximum atomic E-state index is 11.4. The van der Waals surface area contributed by atoms with Crippen LogP contribution in [-0.4, -0.2) is 35.7 Å². The first-order chi connectivity index (χ1) is 6.93. The Bertz CT molecular complexity index is 215. The zero-order valence-electron chi connectivity index (χ0n) is 9.84. The molecule has 0 rings (SSSR count). The van der Waals surface area contributed by atoms with Crippen molar-refractivity contribution in [3.05, 3.63) is 12.7 Å². The third-order valence-electron chi connectivity index (χ3n) is 2.36. The van der Waals surface area contributed by atoms with Gasteiger partial charge in [-0.2, -0.15) is 0 Å². The van der Waals surface area contributed by atoms with E-state index in [1.54, 1.807) is 19.9 Å². The monoisotopic (exact) mass is 214 g/mol. The predicted molar refractivity (Wildman–Crippen MR) is 61.6 cm³/mol. The van der Waals surface area contributed by atoms with Crippen molar-refractivity contribution in [2.24, 2.45) is 0 Å². The Balaban J connectivity index is 3.87. The minimum Gasteiger partial charge on any atom is -0.389 e. The van der Waals surface area contributed by atoms with Crippen molar-refractivity contribution in [3.8, 4) is 0 Å². The Morgan fingerprint density at radius 3 is 2.73 bits per heavy atom. The lowest BCUT2D eigenvalue weighted by atomic mass is 10.0. The molecule has 0 heterocycles. The standard InChI is InChI=1S/C11H22N2O2/c1-5-7-12-10(14)9(3)13-8-11(4,15)6-2/h5,9,13,15H,1,6-8H2,2-4H3,(H,12,14). The van der Waals surface area contributed by atoms with Crippen LogP contribution in [0.15, 0.2) is 12.7 Å². The molecule has 15 heavy (non-hydrogen) atoms. The second-order valence-corrected chi connectivity index (χ2v) is 3.99. The Morgan fingerprint density at radius 2 is 2.27 bits per heavy atom. The zero-order valence-corrected chi connectivity index (χ0v) is 9.84. The molecule has 1 amide bonds. The van der Waals surface area contributed by atoms with Crippen molar-refractivity contribution in [2.45, 2.75) is 38.8 Å². The number of carbonyl (C=O) groups excluding carboxylic acids is 1. The average Bonchev–Trinajstić information content (AvgIpc) is 2.22. The van der Waals surface area contributed by atoms with Gasteiger partial charge >= 0.3 is 0 Å². The fourth-order valence-electron chi connectivity index (χ4n) is 0.917.